The third-order valence-electron chi connectivity index (χ3n) is 3.44. The van der Waals surface area contributed by atoms with Gasteiger partial charge in [-0.2, -0.15) is 10.2 Å². The second-order valence-corrected chi connectivity index (χ2v) is 5.20. The van der Waals surface area contributed by atoms with Gasteiger partial charge < -0.3 is 9.84 Å². The minimum atomic E-state index is -0.360. The van der Waals surface area contributed by atoms with Crippen molar-refractivity contribution in [3.63, 3.8) is 0 Å². The number of rotatable bonds is 4. The molecule has 0 atom stereocenters. The van der Waals surface area contributed by atoms with Crippen LogP contribution in [-0.4, -0.2) is 16.0 Å². The maximum Gasteiger partial charge on any atom is 0.258 e. The highest BCUT2D eigenvalue weighted by molar-refractivity contribution is 5.92. The van der Waals surface area contributed by atoms with Gasteiger partial charge in [-0.05, 0) is 30.7 Å². The number of carbonyl (C=O) groups is 1. The van der Waals surface area contributed by atoms with E-state index in [0.717, 1.165) is 11.1 Å². The van der Waals surface area contributed by atoms with Crippen molar-refractivity contribution in [3.8, 4) is 28.9 Å². The first-order valence-electron chi connectivity index (χ1n) is 7.34. The van der Waals surface area contributed by atoms with Crippen LogP contribution < -0.4 is 5.32 Å². The van der Waals surface area contributed by atoms with Gasteiger partial charge in [0.25, 0.3) is 5.89 Å². The molecule has 0 fully saturated rings. The van der Waals surface area contributed by atoms with Crippen molar-refractivity contribution < 1.29 is 9.32 Å². The van der Waals surface area contributed by atoms with Crippen LogP contribution in [0.3, 0.4) is 0 Å². The van der Waals surface area contributed by atoms with Crippen molar-refractivity contribution in [2.75, 3.05) is 5.32 Å². The van der Waals surface area contributed by atoms with Crippen LogP contribution in [0.2, 0.25) is 0 Å². The van der Waals surface area contributed by atoms with Crippen LogP contribution in [0.1, 0.15) is 12.0 Å². The van der Waals surface area contributed by atoms with Gasteiger partial charge >= 0.3 is 0 Å². The molecule has 24 heavy (non-hydrogen) atoms. The fourth-order valence-electron chi connectivity index (χ4n) is 2.28. The summed E-state index contributed by atoms with van der Waals surface area (Å²) in [5.41, 5.74) is 3.23. The van der Waals surface area contributed by atoms with Crippen molar-refractivity contribution >= 4 is 11.6 Å². The van der Waals surface area contributed by atoms with E-state index >= 15 is 0 Å². The quantitative estimate of drug-likeness (QED) is 0.794. The number of aromatic nitrogens is 2. The predicted molar refractivity (Wildman–Crippen MR) is 88.8 cm³/mol. The van der Waals surface area contributed by atoms with E-state index in [9.17, 15) is 4.79 Å². The Morgan fingerprint density at radius 1 is 1.25 bits per heavy atom. The molecule has 6 heteroatoms. The van der Waals surface area contributed by atoms with E-state index < -0.39 is 0 Å². The molecule has 1 heterocycles. The smallest absolute Gasteiger partial charge is 0.258 e. The summed E-state index contributed by atoms with van der Waals surface area (Å²) < 4.78 is 5.34. The normalized spacial score (nSPS) is 10.2. The summed E-state index contributed by atoms with van der Waals surface area (Å²) in [6.45, 7) is 1.98. The average Bonchev–Trinajstić information content (AvgIpc) is 3.05. The monoisotopic (exact) mass is 318 g/mol. The van der Waals surface area contributed by atoms with Crippen LogP contribution in [0.5, 0.6) is 0 Å². The summed E-state index contributed by atoms with van der Waals surface area (Å²) in [7, 11) is 0. The SMILES string of the molecule is Cc1ccccc1-c1noc(-c2cccc(NC(=O)CC#N)c2)n1. The van der Waals surface area contributed by atoms with Crippen LogP contribution in [-0.2, 0) is 4.79 Å². The van der Waals surface area contributed by atoms with Crippen molar-refractivity contribution in [1.29, 1.82) is 5.26 Å². The van der Waals surface area contributed by atoms with E-state index in [1.54, 1.807) is 18.2 Å². The minimum absolute atomic E-state index is 0.192. The standard InChI is InChI=1S/C18H14N4O2/c1-12-5-2-3-8-15(12)17-21-18(24-22-17)13-6-4-7-14(11-13)20-16(23)9-10-19/h2-8,11H,9H2,1H3,(H,20,23). The van der Waals surface area contributed by atoms with E-state index in [4.69, 9.17) is 9.78 Å². The summed E-state index contributed by atoms with van der Waals surface area (Å²) in [6.07, 6.45) is -0.192. The Bertz CT molecular complexity index is 925. The highest BCUT2D eigenvalue weighted by Crippen LogP contribution is 2.25. The number of nitrogens with one attached hydrogen (secondary N) is 1. The topological polar surface area (TPSA) is 91.8 Å². The maximum absolute atomic E-state index is 11.5. The molecule has 118 valence electrons. The summed E-state index contributed by atoms with van der Waals surface area (Å²) >= 11 is 0. The van der Waals surface area contributed by atoms with Crippen molar-refractivity contribution in [2.24, 2.45) is 0 Å². The van der Waals surface area contributed by atoms with Crippen LogP contribution >= 0.6 is 0 Å². The first-order valence-corrected chi connectivity index (χ1v) is 7.34. The van der Waals surface area contributed by atoms with E-state index in [1.165, 1.54) is 0 Å². The number of anilines is 1. The molecule has 0 spiro atoms. The van der Waals surface area contributed by atoms with E-state index in [1.807, 2.05) is 43.3 Å². The molecular formula is C18H14N4O2. The summed E-state index contributed by atoms with van der Waals surface area (Å²) in [6, 6.07) is 16.6. The largest absolute Gasteiger partial charge is 0.334 e. The van der Waals surface area contributed by atoms with Crippen LogP contribution in [0, 0.1) is 18.3 Å². The number of benzene rings is 2. The van der Waals surface area contributed by atoms with Gasteiger partial charge in [0.05, 0.1) is 6.07 Å². The Labute approximate surface area is 138 Å². The molecule has 1 amide bonds. The van der Waals surface area contributed by atoms with E-state index in [2.05, 4.69) is 15.5 Å². The summed E-state index contributed by atoms with van der Waals surface area (Å²) in [5, 5.41) is 15.2. The number of hydrogen-bond acceptors (Lipinski definition) is 5. The van der Waals surface area contributed by atoms with Gasteiger partial charge in [-0.15, -0.1) is 0 Å². The molecule has 0 bridgehead atoms. The lowest BCUT2D eigenvalue weighted by Gasteiger charge is -2.03. The molecule has 0 unspecified atom stereocenters. The van der Waals surface area contributed by atoms with Crippen molar-refractivity contribution in [3.05, 3.63) is 54.1 Å². The molecular weight excluding hydrogens is 304 g/mol. The third-order valence-corrected chi connectivity index (χ3v) is 3.44. The number of aryl methyl sites for hydroxylation is 1. The van der Waals surface area contributed by atoms with Gasteiger partial charge in [0, 0.05) is 16.8 Å². The molecule has 3 rings (SSSR count). The Morgan fingerprint density at radius 3 is 2.88 bits per heavy atom. The molecule has 1 N–H and O–H groups in total. The Balaban J connectivity index is 1.87. The number of nitrogens with zero attached hydrogens (tertiary/aromatic N) is 3. The fourth-order valence-corrected chi connectivity index (χ4v) is 2.28. The van der Waals surface area contributed by atoms with E-state index in [-0.39, 0.29) is 12.3 Å². The van der Waals surface area contributed by atoms with Crippen LogP contribution in [0.25, 0.3) is 22.8 Å². The first-order chi connectivity index (χ1) is 11.7. The van der Waals surface area contributed by atoms with Crippen molar-refractivity contribution in [2.45, 2.75) is 13.3 Å². The first kappa shape index (κ1) is 15.4. The lowest BCUT2D eigenvalue weighted by atomic mass is 10.1. The molecule has 0 aliphatic heterocycles. The lowest BCUT2D eigenvalue weighted by molar-refractivity contribution is -0.115. The van der Waals surface area contributed by atoms with Gasteiger partial charge in [0.1, 0.15) is 6.42 Å². The third kappa shape index (κ3) is 3.31. The number of amides is 1. The predicted octanol–water partition coefficient (Wildman–Crippen LogP) is 3.56. The number of nitriles is 1. The zero-order valence-corrected chi connectivity index (χ0v) is 13.0. The highest BCUT2D eigenvalue weighted by Gasteiger charge is 2.12. The van der Waals surface area contributed by atoms with Gasteiger partial charge in [0.15, 0.2) is 0 Å². The molecule has 1 aromatic heterocycles. The Hall–Kier alpha value is -3.46. The molecule has 0 radical (unpaired) electrons. The molecule has 0 aliphatic rings. The molecule has 0 aliphatic carbocycles. The zero-order chi connectivity index (χ0) is 16.9. The molecule has 6 nitrogen and oxygen atoms in total. The average molecular weight is 318 g/mol. The second-order valence-electron chi connectivity index (χ2n) is 5.20. The highest BCUT2D eigenvalue weighted by atomic mass is 16.5. The second kappa shape index (κ2) is 6.75. The number of carbonyl (C=O) groups excluding carboxylic acids is 1. The molecule has 3 aromatic rings. The molecule has 0 saturated heterocycles. The lowest BCUT2D eigenvalue weighted by Crippen LogP contribution is -2.09. The van der Waals surface area contributed by atoms with Gasteiger partial charge in [-0.1, -0.05) is 35.5 Å². The van der Waals surface area contributed by atoms with Crippen molar-refractivity contribution in [1.82, 2.24) is 10.1 Å². The fraction of sp³-hybridized carbons (Fsp3) is 0.111. The minimum Gasteiger partial charge on any atom is -0.334 e. The number of hydrogen-bond donors (Lipinski definition) is 1. The Kier molecular flexibility index (Phi) is 4.34. The molecule has 2 aromatic carbocycles. The van der Waals surface area contributed by atoms with Gasteiger partial charge in [-0.3, -0.25) is 4.79 Å². The van der Waals surface area contributed by atoms with Crippen LogP contribution in [0.4, 0.5) is 5.69 Å². The van der Waals surface area contributed by atoms with Crippen LogP contribution in [0.15, 0.2) is 53.1 Å². The maximum atomic E-state index is 11.5. The molecule has 0 saturated carbocycles. The Morgan fingerprint density at radius 2 is 2.08 bits per heavy atom. The summed E-state index contributed by atoms with van der Waals surface area (Å²) in [5.74, 6) is 0.521. The van der Waals surface area contributed by atoms with E-state index in [0.29, 0.717) is 23.0 Å². The summed E-state index contributed by atoms with van der Waals surface area (Å²) in [4.78, 5) is 15.9. The van der Waals surface area contributed by atoms with Gasteiger partial charge in [0.2, 0.25) is 11.7 Å². The van der Waals surface area contributed by atoms with Gasteiger partial charge in [-0.25, -0.2) is 0 Å². The zero-order valence-electron chi connectivity index (χ0n) is 13.0.